The smallest absolute Gasteiger partial charge is 0.212 e. The molecule has 2 aromatic carbocycles. The SMILES string of the molecule is CC(C)Oc1ccc(/C=N/n2cnnc2SCc2ccc(Cl)cc2)cc1. The highest BCUT2D eigenvalue weighted by Crippen LogP contribution is 2.21. The molecule has 0 aliphatic carbocycles. The zero-order valence-electron chi connectivity index (χ0n) is 14.5. The first kappa shape index (κ1) is 18.5. The summed E-state index contributed by atoms with van der Waals surface area (Å²) in [4.78, 5) is 0. The number of aromatic nitrogens is 3. The molecule has 0 N–H and O–H groups in total. The zero-order valence-corrected chi connectivity index (χ0v) is 16.1. The van der Waals surface area contributed by atoms with Crippen molar-refractivity contribution >= 4 is 29.6 Å². The molecule has 5 nitrogen and oxygen atoms in total. The van der Waals surface area contributed by atoms with Gasteiger partial charge in [0, 0.05) is 10.8 Å². The lowest BCUT2D eigenvalue weighted by atomic mass is 10.2. The number of benzene rings is 2. The first-order valence-electron chi connectivity index (χ1n) is 8.18. The fourth-order valence-corrected chi connectivity index (χ4v) is 3.10. The first-order chi connectivity index (χ1) is 12.6. The van der Waals surface area contributed by atoms with E-state index in [1.54, 1.807) is 29.0 Å². The van der Waals surface area contributed by atoms with Crippen LogP contribution in [0.3, 0.4) is 0 Å². The molecule has 0 aliphatic rings. The Hall–Kier alpha value is -2.31. The molecule has 3 aromatic rings. The van der Waals surface area contributed by atoms with Gasteiger partial charge in [-0.05, 0) is 61.4 Å². The molecule has 1 aromatic heterocycles. The van der Waals surface area contributed by atoms with Crippen molar-refractivity contribution in [1.82, 2.24) is 14.9 Å². The van der Waals surface area contributed by atoms with Crippen molar-refractivity contribution in [1.29, 1.82) is 0 Å². The highest BCUT2D eigenvalue weighted by molar-refractivity contribution is 7.98. The molecule has 0 saturated heterocycles. The van der Waals surface area contributed by atoms with Gasteiger partial charge in [-0.3, -0.25) is 0 Å². The molecule has 0 unspecified atom stereocenters. The van der Waals surface area contributed by atoms with Crippen LogP contribution in [0.2, 0.25) is 5.02 Å². The maximum atomic E-state index is 5.91. The van der Waals surface area contributed by atoms with E-state index in [1.165, 1.54) is 5.56 Å². The molecule has 0 spiro atoms. The van der Waals surface area contributed by atoms with Gasteiger partial charge in [0.1, 0.15) is 12.1 Å². The van der Waals surface area contributed by atoms with Crippen molar-refractivity contribution in [3.8, 4) is 5.75 Å². The van der Waals surface area contributed by atoms with Gasteiger partial charge >= 0.3 is 0 Å². The van der Waals surface area contributed by atoms with Crippen LogP contribution in [-0.4, -0.2) is 27.2 Å². The van der Waals surface area contributed by atoms with Crippen LogP contribution in [0.5, 0.6) is 5.75 Å². The van der Waals surface area contributed by atoms with Crippen LogP contribution in [0.1, 0.15) is 25.0 Å². The summed E-state index contributed by atoms with van der Waals surface area (Å²) in [6.07, 6.45) is 3.53. The third-order valence-electron chi connectivity index (χ3n) is 3.36. The van der Waals surface area contributed by atoms with E-state index in [0.717, 1.165) is 27.2 Å². The lowest BCUT2D eigenvalue weighted by Gasteiger charge is -2.09. The van der Waals surface area contributed by atoms with Crippen molar-refractivity contribution in [2.75, 3.05) is 0 Å². The van der Waals surface area contributed by atoms with Gasteiger partial charge in [0.05, 0.1) is 12.3 Å². The number of halogens is 1. The quantitative estimate of drug-likeness (QED) is 0.428. The third-order valence-corrected chi connectivity index (χ3v) is 4.62. The average Bonchev–Trinajstić information content (AvgIpc) is 3.08. The van der Waals surface area contributed by atoms with Crippen molar-refractivity contribution in [3.05, 3.63) is 71.0 Å². The predicted molar refractivity (Wildman–Crippen MR) is 106 cm³/mol. The molecule has 0 saturated carbocycles. The van der Waals surface area contributed by atoms with E-state index in [4.69, 9.17) is 16.3 Å². The lowest BCUT2D eigenvalue weighted by Crippen LogP contribution is -2.05. The molecule has 7 heteroatoms. The van der Waals surface area contributed by atoms with Crippen LogP contribution in [-0.2, 0) is 5.75 Å². The summed E-state index contributed by atoms with van der Waals surface area (Å²) in [7, 11) is 0. The van der Waals surface area contributed by atoms with Gasteiger partial charge in [-0.2, -0.15) is 9.78 Å². The summed E-state index contributed by atoms with van der Waals surface area (Å²) < 4.78 is 7.30. The molecule has 0 radical (unpaired) electrons. The minimum absolute atomic E-state index is 0.159. The topological polar surface area (TPSA) is 52.3 Å². The summed E-state index contributed by atoms with van der Waals surface area (Å²) in [6, 6.07) is 15.6. The van der Waals surface area contributed by atoms with E-state index in [0.29, 0.717) is 0 Å². The monoisotopic (exact) mass is 386 g/mol. The van der Waals surface area contributed by atoms with Crippen LogP contribution >= 0.6 is 23.4 Å². The summed E-state index contributed by atoms with van der Waals surface area (Å²) in [5.41, 5.74) is 2.14. The first-order valence-corrected chi connectivity index (χ1v) is 9.55. The summed E-state index contributed by atoms with van der Waals surface area (Å²) in [6.45, 7) is 4.01. The number of hydrogen-bond acceptors (Lipinski definition) is 5. The Morgan fingerprint density at radius 1 is 1.15 bits per heavy atom. The van der Waals surface area contributed by atoms with Gasteiger partial charge in [0.25, 0.3) is 0 Å². The van der Waals surface area contributed by atoms with Crippen molar-refractivity contribution in [3.63, 3.8) is 0 Å². The summed E-state index contributed by atoms with van der Waals surface area (Å²) in [5.74, 6) is 1.62. The van der Waals surface area contributed by atoms with Gasteiger partial charge in [-0.15, -0.1) is 10.2 Å². The Morgan fingerprint density at radius 2 is 1.88 bits per heavy atom. The number of hydrogen-bond donors (Lipinski definition) is 0. The van der Waals surface area contributed by atoms with Gasteiger partial charge < -0.3 is 4.74 Å². The van der Waals surface area contributed by atoms with E-state index in [9.17, 15) is 0 Å². The van der Waals surface area contributed by atoms with E-state index in [2.05, 4.69) is 15.3 Å². The zero-order chi connectivity index (χ0) is 18.4. The van der Waals surface area contributed by atoms with Gasteiger partial charge in [-0.25, -0.2) is 0 Å². The predicted octanol–water partition coefficient (Wildman–Crippen LogP) is 4.89. The molecular formula is C19H19ClN4OS. The molecule has 0 amide bonds. The van der Waals surface area contributed by atoms with E-state index in [1.807, 2.05) is 62.4 Å². The van der Waals surface area contributed by atoms with E-state index >= 15 is 0 Å². The Bertz CT molecular complexity index is 860. The fraction of sp³-hybridized carbons (Fsp3) is 0.211. The van der Waals surface area contributed by atoms with Gasteiger partial charge in [0.2, 0.25) is 5.16 Å². The Kier molecular flexibility index (Phi) is 6.30. The normalized spacial score (nSPS) is 11.4. The highest BCUT2D eigenvalue weighted by atomic mass is 35.5. The molecule has 0 bridgehead atoms. The van der Waals surface area contributed by atoms with Crippen molar-refractivity contribution < 1.29 is 4.74 Å². The van der Waals surface area contributed by atoms with Crippen LogP contribution in [0, 0.1) is 0 Å². The Morgan fingerprint density at radius 3 is 2.58 bits per heavy atom. The van der Waals surface area contributed by atoms with Crippen LogP contribution in [0.25, 0.3) is 0 Å². The second-order valence-electron chi connectivity index (χ2n) is 5.85. The van der Waals surface area contributed by atoms with E-state index < -0.39 is 0 Å². The number of thioether (sulfide) groups is 1. The second-order valence-corrected chi connectivity index (χ2v) is 7.23. The van der Waals surface area contributed by atoms with E-state index in [-0.39, 0.29) is 6.10 Å². The number of rotatable bonds is 7. The minimum atomic E-state index is 0.159. The Labute approximate surface area is 162 Å². The molecular weight excluding hydrogens is 368 g/mol. The standard InChI is InChI=1S/C19H19ClN4OS/c1-14(2)25-18-9-5-15(6-10-18)11-22-24-13-21-23-19(24)26-12-16-3-7-17(20)8-4-16/h3-11,13-14H,12H2,1-2H3/b22-11+. The molecule has 0 aliphatic heterocycles. The summed E-state index contributed by atoms with van der Waals surface area (Å²) >= 11 is 7.48. The maximum Gasteiger partial charge on any atom is 0.212 e. The molecule has 3 rings (SSSR count). The van der Waals surface area contributed by atoms with Gasteiger partial charge in [0.15, 0.2) is 0 Å². The Balaban J connectivity index is 1.62. The molecule has 0 fully saturated rings. The van der Waals surface area contributed by atoms with Crippen LogP contribution in [0.15, 0.2) is 65.1 Å². The van der Waals surface area contributed by atoms with Crippen molar-refractivity contribution in [2.45, 2.75) is 30.9 Å². The lowest BCUT2D eigenvalue weighted by molar-refractivity contribution is 0.242. The maximum absolute atomic E-state index is 5.91. The highest BCUT2D eigenvalue weighted by Gasteiger charge is 2.05. The molecule has 134 valence electrons. The molecule has 26 heavy (non-hydrogen) atoms. The third kappa shape index (κ3) is 5.34. The minimum Gasteiger partial charge on any atom is -0.491 e. The van der Waals surface area contributed by atoms with Crippen LogP contribution in [0.4, 0.5) is 0 Å². The van der Waals surface area contributed by atoms with Crippen LogP contribution < -0.4 is 4.74 Å². The van der Waals surface area contributed by atoms with Crippen molar-refractivity contribution in [2.24, 2.45) is 5.10 Å². The number of ether oxygens (including phenoxy) is 1. The molecule has 0 atom stereocenters. The van der Waals surface area contributed by atoms with Gasteiger partial charge in [-0.1, -0.05) is 35.5 Å². The molecule has 1 heterocycles. The average molecular weight is 387 g/mol. The largest absolute Gasteiger partial charge is 0.491 e. The fourth-order valence-electron chi connectivity index (χ4n) is 2.16. The number of nitrogens with zero attached hydrogens (tertiary/aromatic N) is 4. The second kappa shape index (κ2) is 8.87. The summed E-state index contributed by atoms with van der Waals surface area (Å²) in [5, 5.41) is 14.0.